The maximum atomic E-state index is 13.5. The van der Waals surface area contributed by atoms with Gasteiger partial charge in [-0.3, -0.25) is 4.79 Å². The minimum Gasteiger partial charge on any atom is -0.480 e. The Balaban J connectivity index is 1.69. The van der Waals surface area contributed by atoms with Gasteiger partial charge in [0.2, 0.25) is 5.91 Å². The Morgan fingerprint density at radius 1 is 1.46 bits per heavy atom. The molecule has 0 radical (unpaired) electrons. The van der Waals surface area contributed by atoms with Crippen molar-refractivity contribution in [2.75, 3.05) is 19.8 Å². The second kappa shape index (κ2) is 7.84. The molecule has 1 aliphatic rings. The van der Waals surface area contributed by atoms with Crippen molar-refractivity contribution in [3.8, 4) is 0 Å². The molecule has 2 atom stereocenters. The molecule has 0 unspecified atom stereocenters. The van der Waals surface area contributed by atoms with Gasteiger partial charge in [-0.15, -0.1) is 0 Å². The van der Waals surface area contributed by atoms with Gasteiger partial charge in [-0.2, -0.15) is 0 Å². The highest BCUT2D eigenvalue weighted by Crippen LogP contribution is 2.23. The molecule has 140 valence electrons. The largest absolute Gasteiger partial charge is 0.480 e. The minimum absolute atomic E-state index is 0.0955. The van der Waals surface area contributed by atoms with Crippen LogP contribution in [0.4, 0.5) is 4.39 Å². The molecule has 26 heavy (non-hydrogen) atoms. The third-order valence-corrected chi connectivity index (χ3v) is 4.49. The molecule has 0 saturated carbocycles. The number of benzene rings is 1. The summed E-state index contributed by atoms with van der Waals surface area (Å²) in [7, 11) is 0. The first-order chi connectivity index (χ1) is 12.4. The molecule has 1 aromatic carbocycles. The van der Waals surface area contributed by atoms with Gasteiger partial charge in [0.1, 0.15) is 18.5 Å². The molecular weight excluding hydrogens is 343 g/mol. The Bertz CT molecular complexity index is 819. The third kappa shape index (κ3) is 4.20. The number of hydrogen-bond acceptors (Lipinski definition) is 4. The molecule has 0 bridgehead atoms. The smallest absolute Gasteiger partial charge is 0.329 e. The average Bonchev–Trinajstić information content (AvgIpc) is 2.89. The van der Waals surface area contributed by atoms with Crippen LogP contribution < -0.4 is 5.32 Å². The summed E-state index contributed by atoms with van der Waals surface area (Å²) in [5, 5.41) is 12.3. The van der Waals surface area contributed by atoms with E-state index in [-0.39, 0.29) is 30.8 Å². The van der Waals surface area contributed by atoms with Crippen LogP contribution in [0.25, 0.3) is 10.9 Å². The van der Waals surface area contributed by atoms with E-state index >= 15 is 0 Å². The Labute approximate surface area is 149 Å². The second-order valence-corrected chi connectivity index (χ2v) is 6.38. The number of ether oxygens (including phenoxy) is 2. The fourth-order valence-electron chi connectivity index (χ4n) is 3.22. The number of carboxylic acids is 1. The van der Waals surface area contributed by atoms with Gasteiger partial charge in [0, 0.05) is 23.2 Å². The van der Waals surface area contributed by atoms with Crippen LogP contribution in [0.1, 0.15) is 17.7 Å². The first-order valence-corrected chi connectivity index (χ1v) is 8.41. The molecule has 1 fully saturated rings. The summed E-state index contributed by atoms with van der Waals surface area (Å²) in [5.41, 5.74) is 2.33. The van der Waals surface area contributed by atoms with Crippen LogP contribution in [0.15, 0.2) is 18.2 Å². The number of carbonyl (C=O) groups is 2. The van der Waals surface area contributed by atoms with Crippen molar-refractivity contribution in [1.29, 1.82) is 0 Å². The highest BCUT2D eigenvalue weighted by Gasteiger charge is 2.29. The van der Waals surface area contributed by atoms with Crippen LogP contribution in [0.3, 0.4) is 0 Å². The molecule has 0 aliphatic carbocycles. The van der Waals surface area contributed by atoms with Crippen LogP contribution in [-0.4, -0.2) is 53.9 Å². The molecule has 1 saturated heterocycles. The zero-order valence-electron chi connectivity index (χ0n) is 14.4. The summed E-state index contributed by atoms with van der Waals surface area (Å²) in [5.74, 6) is -1.66. The Morgan fingerprint density at radius 3 is 3.04 bits per heavy atom. The molecule has 3 rings (SSSR count). The molecular formula is C18H21FN2O5. The fourth-order valence-corrected chi connectivity index (χ4v) is 3.22. The number of carbonyl (C=O) groups excluding carboxylic acids is 1. The standard InChI is InChI=1S/C18H21FN2O5/c1-10-12(13-6-11(19)2-3-14(13)20-10)7-17(22)21-15-4-5-25-8-16(15)26-9-18(23)24/h2-3,6,15-16,20H,4-5,7-9H2,1H3,(H,21,22)(H,23,24)/t15-,16-/m1/s1. The number of rotatable bonds is 6. The third-order valence-electron chi connectivity index (χ3n) is 4.49. The van der Waals surface area contributed by atoms with E-state index in [2.05, 4.69) is 10.3 Å². The van der Waals surface area contributed by atoms with Crippen LogP contribution in [0.2, 0.25) is 0 Å². The molecule has 0 spiro atoms. The fraction of sp³-hybridized carbons (Fsp3) is 0.444. The molecule has 2 heterocycles. The van der Waals surface area contributed by atoms with Crippen molar-refractivity contribution in [2.45, 2.75) is 31.9 Å². The molecule has 3 N–H and O–H groups in total. The summed E-state index contributed by atoms with van der Waals surface area (Å²) >= 11 is 0. The van der Waals surface area contributed by atoms with Gasteiger partial charge in [0.15, 0.2) is 0 Å². The van der Waals surface area contributed by atoms with E-state index in [0.29, 0.717) is 18.4 Å². The van der Waals surface area contributed by atoms with Crippen molar-refractivity contribution in [1.82, 2.24) is 10.3 Å². The second-order valence-electron chi connectivity index (χ2n) is 6.38. The molecule has 7 nitrogen and oxygen atoms in total. The molecule has 1 aromatic heterocycles. The Kier molecular flexibility index (Phi) is 5.53. The maximum Gasteiger partial charge on any atom is 0.329 e. The van der Waals surface area contributed by atoms with Gasteiger partial charge in [-0.05, 0) is 37.1 Å². The predicted molar refractivity (Wildman–Crippen MR) is 91.4 cm³/mol. The zero-order valence-corrected chi connectivity index (χ0v) is 14.4. The quantitative estimate of drug-likeness (QED) is 0.722. The molecule has 1 aliphatic heterocycles. The van der Waals surface area contributed by atoms with Gasteiger partial charge in [-0.1, -0.05) is 0 Å². The maximum absolute atomic E-state index is 13.5. The van der Waals surface area contributed by atoms with Crippen molar-refractivity contribution in [2.24, 2.45) is 0 Å². The molecule has 8 heteroatoms. The summed E-state index contributed by atoms with van der Waals surface area (Å²) < 4.78 is 24.2. The summed E-state index contributed by atoms with van der Waals surface area (Å²) in [6.07, 6.45) is 0.126. The summed E-state index contributed by atoms with van der Waals surface area (Å²) in [6.45, 7) is 2.10. The topological polar surface area (TPSA) is 101 Å². The van der Waals surface area contributed by atoms with Gasteiger partial charge in [0.25, 0.3) is 0 Å². The Hall–Kier alpha value is -2.45. The lowest BCUT2D eigenvalue weighted by Gasteiger charge is -2.31. The highest BCUT2D eigenvalue weighted by atomic mass is 19.1. The SMILES string of the molecule is Cc1[nH]c2ccc(F)cc2c1CC(=O)N[C@@H]1CCOC[C@H]1OCC(=O)O. The lowest BCUT2D eigenvalue weighted by atomic mass is 10.0. The van der Waals surface area contributed by atoms with E-state index in [9.17, 15) is 14.0 Å². The van der Waals surface area contributed by atoms with Gasteiger partial charge >= 0.3 is 5.97 Å². The number of aliphatic carboxylic acids is 1. The highest BCUT2D eigenvalue weighted by molar-refractivity contribution is 5.90. The summed E-state index contributed by atoms with van der Waals surface area (Å²) in [4.78, 5) is 26.3. The van der Waals surface area contributed by atoms with Crippen LogP contribution in [0.5, 0.6) is 0 Å². The molecule has 1 amide bonds. The number of H-pyrrole nitrogens is 1. The van der Waals surface area contributed by atoms with Crippen LogP contribution in [-0.2, 0) is 25.5 Å². The van der Waals surface area contributed by atoms with E-state index in [1.54, 1.807) is 6.07 Å². The zero-order chi connectivity index (χ0) is 18.7. The van der Waals surface area contributed by atoms with Gasteiger partial charge in [0.05, 0.1) is 19.1 Å². The number of halogens is 1. The lowest BCUT2D eigenvalue weighted by Crippen LogP contribution is -2.50. The number of amides is 1. The van der Waals surface area contributed by atoms with E-state index in [0.717, 1.165) is 16.8 Å². The van der Waals surface area contributed by atoms with E-state index in [4.69, 9.17) is 14.6 Å². The predicted octanol–water partition coefficient (Wildman–Crippen LogP) is 1.53. The van der Waals surface area contributed by atoms with Crippen LogP contribution >= 0.6 is 0 Å². The number of carboxylic acid groups (broad SMARTS) is 1. The van der Waals surface area contributed by atoms with Crippen molar-refractivity contribution in [3.63, 3.8) is 0 Å². The number of aromatic amines is 1. The number of nitrogens with one attached hydrogen (secondary N) is 2. The number of hydrogen-bond donors (Lipinski definition) is 3. The first kappa shape index (κ1) is 18.3. The lowest BCUT2D eigenvalue weighted by molar-refractivity contribution is -0.149. The van der Waals surface area contributed by atoms with Crippen LogP contribution in [0, 0.1) is 12.7 Å². The van der Waals surface area contributed by atoms with Gasteiger partial charge < -0.3 is 24.9 Å². The monoisotopic (exact) mass is 364 g/mol. The average molecular weight is 364 g/mol. The normalized spacial score (nSPS) is 20.2. The number of aromatic nitrogens is 1. The van der Waals surface area contributed by atoms with E-state index in [1.807, 2.05) is 6.92 Å². The van der Waals surface area contributed by atoms with Crippen molar-refractivity contribution in [3.05, 3.63) is 35.3 Å². The van der Waals surface area contributed by atoms with Crippen molar-refractivity contribution < 1.29 is 28.6 Å². The number of fused-ring (bicyclic) bond motifs is 1. The first-order valence-electron chi connectivity index (χ1n) is 8.41. The van der Waals surface area contributed by atoms with E-state index < -0.39 is 18.7 Å². The summed E-state index contributed by atoms with van der Waals surface area (Å²) in [6, 6.07) is 4.11. The molecule has 2 aromatic rings. The van der Waals surface area contributed by atoms with E-state index in [1.165, 1.54) is 12.1 Å². The minimum atomic E-state index is -1.07. The van der Waals surface area contributed by atoms with Crippen molar-refractivity contribution >= 4 is 22.8 Å². The van der Waals surface area contributed by atoms with Gasteiger partial charge in [-0.25, -0.2) is 9.18 Å². The number of aryl methyl sites for hydroxylation is 1. The Morgan fingerprint density at radius 2 is 2.27 bits per heavy atom.